The maximum Gasteiger partial charge on any atom is 0.375 e. The lowest BCUT2D eigenvalue weighted by molar-refractivity contribution is -0.151. The van der Waals surface area contributed by atoms with Gasteiger partial charge in [-0.25, -0.2) is 4.79 Å². The van der Waals surface area contributed by atoms with Gasteiger partial charge in [0, 0.05) is 67.9 Å². The molecule has 6 atom stereocenters. The number of carbonyl (C=O) groups excluding carboxylic acids is 3. The number of aliphatic hydroxyl groups is 3. The SMILES string of the molecule is CCOC(=O)C1=C(C=O)/C(=C2\C[C@H](CO)C(=O)[C@@H](c3ccc4[nH]ccc4c3)C2)c2c(c(CO)c3c(c2OC2CCCCC2)C[C@@H]([C@@]2(O)CCC[C@H]4CN(CCCOC)CC[C@@H]42)O3)O1. The molecule has 0 radical (unpaired) electrons. The number of piperidine rings is 1. The minimum Gasteiger partial charge on any atom is -0.489 e. The van der Waals surface area contributed by atoms with Gasteiger partial charge in [-0.05, 0) is 119 Å². The number of hydrogen-bond donors (Lipinski definition) is 4. The second kappa shape index (κ2) is 18.5. The van der Waals surface area contributed by atoms with Gasteiger partial charge in [-0.2, -0.15) is 0 Å². The summed E-state index contributed by atoms with van der Waals surface area (Å²) in [5, 5.41) is 36.1. The zero-order valence-corrected chi connectivity index (χ0v) is 36.6. The van der Waals surface area contributed by atoms with Crippen LogP contribution in [0.2, 0.25) is 0 Å². The van der Waals surface area contributed by atoms with E-state index in [1.807, 2.05) is 30.5 Å². The molecular weight excluding hydrogens is 805 g/mol. The lowest BCUT2D eigenvalue weighted by atomic mass is 9.63. The number of rotatable bonds is 13. The molecule has 3 aliphatic carbocycles. The molecule has 338 valence electrons. The number of aliphatic hydroxyl groups excluding tert-OH is 2. The van der Waals surface area contributed by atoms with E-state index >= 15 is 0 Å². The molecule has 3 aliphatic heterocycles. The predicted octanol–water partition coefficient (Wildman–Crippen LogP) is 6.48. The number of aromatic amines is 1. The van der Waals surface area contributed by atoms with Crippen LogP contribution in [0.5, 0.6) is 17.2 Å². The average Bonchev–Trinajstić information content (AvgIpc) is 3.97. The Morgan fingerprint density at radius 3 is 2.65 bits per heavy atom. The molecule has 0 bridgehead atoms. The zero-order valence-electron chi connectivity index (χ0n) is 36.6. The lowest BCUT2D eigenvalue weighted by Crippen LogP contribution is -2.59. The second-order valence-electron chi connectivity index (χ2n) is 18.6. The maximum absolute atomic E-state index is 14.2. The van der Waals surface area contributed by atoms with Gasteiger partial charge in [-0.1, -0.05) is 24.5 Å². The fourth-order valence-electron chi connectivity index (χ4n) is 11.9. The molecule has 0 amide bonds. The Hall–Kier alpha value is -4.53. The van der Waals surface area contributed by atoms with E-state index in [1.54, 1.807) is 14.0 Å². The summed E-state index contributed by atoms with van der Waals surface area (Å²) in [4.78, 5) is 47.4. The molecule has 4 heterocycles. The van der Waals surface area contributed by atoms with Crippen molar-refractivity contribution >= 4 is 34.5 Å². The highest BCUT2D eigenvalue weighted by Crippen LogP contribution is 2.58. The van der Waals surface area contributed by atoms with Crippen molar-refractivity contribution in [2.75, 3.05) is 46.6 Å². The minimum atomic E-state index is -1.16. The van der Waals surface area contributed by atoms with Gasteiger partial charge in [0.1, 0.15) is 34.7 Å². The van der Waals surface area contributed by atoms with Crippen molar-refractivity contribution in [1.29, 1.82) is 0 Å². The van der Waals surface area contributed by atoms with E-state index in [0.29, 0.717) is 65.4 Å². The highest BCUT2D eigenvalue weighted by molar-refractivity contribution is 6.11. The van der Waals surface area contributed by atoms with Crippen molar-refractivity contribution in [2.24, 2.45) is 17.8 Å². The highest BCUT2D eigenvalue weighted by atomic mass is 16.6. The quantitative estimate of drug-likeness (QED) is 0.0837. The van der Waals surface area contributed by atoms with Crippen LogP contribution in [0.4, 0.5) is 0 Å². The third-order valence-electron chi connectivity index (χ3n) is 15.0. The Bertz CT molecular complexity index is 2290. The van der Waals surface area contributed by atoms with E-state index in [-0.39, 0.29) is 59.9 Å². The number of likely N-dealkylation sites (tertiary alicyclic amines) is 1. The van der Waals surface area contributed by atoms with E-state index in [0.717, 1.165) is 93.9 Å². The van der Waals surface area contributed by atoms with Gasteiger partial charge in [-0.3, -0.25) is 9.59 Å². The van der Waals surface area contributed by atoms with E-state index < -0.39 is 42.7 Å². The number of carbonyl (C=O) groups is 3. The van der Waals surface area contributed by atoms with Crippen LogP contribution < -0.4 is 14.2 Å². The molecule has 4 N–H and O–H groups in total. The van der Waals surface area contributed by atoms with Crippen LogP contribution in [0.15, 0.2) is 47.4 Å². The normalized spacial score (nSPS) is 28.8. The molecule has 6 aliphatic rings. The summed E-state index contributed by atoms with van der Waals surface area (Å²) >= 11 is 0. The first-order chi connectivity index (χ1) is 30.7. The molecule has 9 rings (SSSR count). The van der Waals surface area contributed by atoms with Crippen molar-refractivity contribution in [3.05, 3.63) is 69.6 Å². The number of aromatic nitrogens is 1. The third-order valence-corrected chi connectivity index (χ3v) is 15.0. The molecule has 0 unspecified atom stereocenters. The Kier molecular flexibility index (Phi) is 12.9. The summed E-state index contributed by atoms with van der Waals surface area (Å²) in [5.41, 5.74) is 2.96. The number of benzene rings is 2. The van der Waals surface area contributed by atoms with E-state index in [4.69, 9.17) is 23.7 Å². The van der Waals surface area contributed by atoms with Gasteiger partial charge in [0.25, 0.3) is 0 Å². The third kappa shape index (κ3) is 8.02. The van der Waals surface area contributed by atoms with E-state index in [2.05, 4.69) is 9.88 Å². The number of ether oxygens (including phenoxy) is 5. The number of fused-ring (bicyclic) bond motifs is 4. The van der Waals surface area contributed by atoms with Crippen LogP contribution >= 0.6 is 0 Å². The molecular formula is C50H62N2O11. The van der Waals surface area contributed by atoms with Gasteiger partial charge in [0.15, 0.2) is 6.29 Å². The van der Waals surface area contributed by atoms with Crippen molar-refractivity contribution in [3.8, 4) is 17.2 Å². The van der Waals surface area contributed by atoms with E-state index in [9.17, 15) is 29.7 Å². The van der Waals surface area contributed by atoms with Crippen molar-refractivity contribution in [2.45, 2.75) is 121 Å². The topological polar surface area (TPSA) is 177 Å². The van der Waals surface area contributed by atoms with Crippen LogP contribution in [0.1, 0.15) is 112 Å². The number of methoxy groups -OCH3 is 1. The number of nitrogens with one attached hydrogen (secondary N) is 1. The number of ketones is 1. The largest absolute Gasteiger partial charge is 0.489 e. The predicted molar refractivity (Wildman–Crippen MR) is 234 cm³/mol. The molecule has 2 aromatic carbocycles. The van der Waals surface area contributed by atoms with Gasteiger partial charge in [-0.15, -0.1) is 0 Å². The zero-order chi connectivity index (χ0) is 43.8. The molecule has 3 aromatic rings. The number of hydrogen-bond acceptors (Lipinski definition) is 12. The number of nitrogens with zero attached hydrogens (tertiary/aromatic N) is 1. The Balaban J connectivity index is 1.20. The molecule has 1 saturated heterocycles. The number of H-pyrrole nitrogens is 1. The average molecular weight is 867 g/mol. The monoisotopic (exact) mass is 866 g/mol. The summed E-state index contributed by atoms with van der Waals surface area (Å²) in [7, 11) is 1.73. The summed E-state index contributed by atoms with van der Waals surface area (Å²) < 4.78 is 31.5. The van der Waals surface area contributed by atoms with Crippen LogP contribution in [0.25, 0.3) is 16.5 Å². The molecule has 13 nitrogen and oxygen atoms in total. The second-order valence-corrected chi connectivity index (χ2v) is 18.6. The van der Waals surface area contributed by atoms with Crippen LogP contribution in [-0.4, -0.2) is 108 Å². The number of Topliss-reactive ketones (excluding diaryl/α,β-unsaturated/α-hetero) is 1. The minimum absolute atomic E-state index is 0.00411. The fourth-order valence-corrected chi connectivity index (χ4v) is 11.9. The smallest absolute Gasteiger partial charge is 0.375 e. The molecule has 63 heavy (non-hydrogen) atoms. The van der Waals surface area contributed by atoms with Crippen molar-refractivity contribution in [3.63, 3.8) is 0 Å². The first-order valence-corrected chi connectivity index (χ1v) is 23.3. The number of esters is 1. The fraction of sp³-hybridized carbons (Fsp3) is 0.580. The van der Waals surface area contributed by atoms with Crippen LogP contribution in [-0.2, 0) is 36.9 Å². The number of allylic oxidation sites excluding steroid dienone is 3. The van der Waals surface area contributed by atoms with Gasteiger partial charge < -0.3 is 48.9 Å². The van der Waals surface area contributed by atoms with Crippen LogP contribution in [0, 0.1) is 17.8 Å². The highest BCUT2D eigenvalue weighted by Gasteiger charge is 2.55. The Morgan fingerprint density at radius 2 is 1.89 bits per heavy atom. The molecule has 1 aromatic heterocycles. The summed E-state index contributed by atoms with van der Waals surface area (Å²) in [6.07, 6.45) is 11.2. The first kappa shape index (κ1) is 43.7. The van der Waals surface area contributed by atoms with Gasteiger partial charge in [0.05, 0.1) is 42.6 Å². The van der Waals surface area contributed by atoms with Crippen LogP contribution in [0.3, 0.4) is 0 Å². The molecule has 3 saturated carbocycles. The first-order valence-electron chi connectivity index (χ1n) is 23.3. The summed E-state index contributed by atoms with van der Waals surface area (Å²) in [6.45, 7) is 4.18. The summed E-state index contributed by atoms with van der Waals surface area (Å²) in [6, 6.07) is 7.78. The lowest BCUT2D eigenvalue weighted by Gasteiger charge is -2.51. The van der Waals surface area contributed by atoms with Gasteiger partial charge in [0.2, 0.25) is 5.76 Å². The molecule has 4 fully saturated rings. The standard InChI is InChI=1S/C50H62N2O11/c1-3-60-49(57)48-37(27-54)42(32-22-33(26-53)44(56)35(23-32)29-12-13-40-30(21-29)14-17-51-40)43-46(61-34-10-5-4-6-11-34)36-24-41(62-45(36)38(28-55)47(43)63-48)50(58)16-7-9-31-25-52(18-8-20-59-2)19-15-39(31)50/h12-14,17,21,27,31,33-35,39,41,51,53,55,58H,3-11,15-16,18-20,22-26,28H2,1-2H3/b42-32-/t31-,33+,35+,39-,41-,50+/m0/s1. The Morgan fingerprint density at radius 1 is 1.05 bits per heavy atom. The van der Waals surface area contributed by atoms with Crippen molar-refractivity contribution in [1.82, 2.24) is 9.88 Å². The summed E-state index contributed by atoms with van der Waals surface area (Å²) in [5.74, 6) is -1.50. The van der Waals surface area contributed by atoms with Crippen molar-refractivity contribution < 1.29 is 53.4 Å². The maximum atomic E-state index is 14.2. The molecule has 13 heteroatoms. The van der Waals surface area contributed by atoms with E-state index in [1.165, 1.54) is 0 Å². The molecule has 0 spiro atoms. The van der Waals surface area contributed by atoms with Gasteiger partial charge >= 0.3 is 5.97 Å². The Labute approximate surface area is 368 Å². The number of aldehydes is 1.